The Bertz CT molecular complexity index is 481. The molecule has 1 aromatic heterocycles. The lowest BCUT2D eigenvalue weighted by atomic mass is 10.2. The zero-order chi connectivity index (χ0) is 14.7. The number of carboxylic acid groups (broad SMARTS) is 1. The number of aromatic carboxylic acids is 1. The van der Waals surface area contributed by atoms with Gasteiger partial charge in [0.25, 0.3) is 0 Å². The van der Waals surface area contributed by atoms with E-state index in [0.29, 0.717) is 24.7 Å². The summed E-state index contributed by atoms with van der Waals surface area (Å²) in [4.78, 5) is 21.7. The summed E-state index contributed by atoms with van der Waals surface area (Å²) in [5.41, 5.74) is 6.06. The Hall–Kier alpha value is -1.73. The van der Waals surface area contributed by atoms with Gasteiger partial charge in [0.15, 0.2) is 5.82 Å². The molecule has 7 nitrogen and oxygen atoms in total. The van der Waals surface area contributed by atoms with Crippen LogP contribution in [-0.2, 0) is 4.74 Å². The molecule has 0 saturated carbocycles. The number of hydrogen-bond donors (Lipinski definition) is 2. The maximum Gasteiger partial charge on any atom is 0.341 e. The van der Waals surface area contributed by atoms with E-state index in [-0.39, 0.29) is 17.5 Å². The van der Waals surface area contributed by atoms with Crippen molar-refractivity contribution >= 4 is 11.8 Å². The Morgan fingerprint density at radius 1 is 1.55 bits per heavy atom. The van der Waals surface area contributed by atoms with Crippen LogP contribution in [0.3, 0.4) is 0 Å². The molecule has 2 heterocycles. The van der Waals surface area contributed by atoms with Gasteiger partial charge < -0.3 is 15.6 Å². The molecule has 1 aliphatic heterocycles. The van der Waals surface area contributed by atoms with Crippen molar-refractivity contribution in [1.29, 1.82) is 0 Å². The molecule has 0 bridgehead atoms. The third-order valence-corrected chi connectivity index (χ3v) is 3.33. The number of aromatic nitrogens is 2. The van der Waals surface area contributed by atoms with Gasteiger partial charge in [0.1, 0.15) is 17.5 Å². The van der Waals surface area contributed by atoms with Crippen molar-refractivity contribution < 1.29 is 14.6 Å². The van der Waals surface area contributed by atoms with Gasteiger partial charge in [-0.1, -0.05) is 6.92 Å². The van der Waals surface area contributed by atoms with E-state index in [0.717, 1.165) is 19.5 Å². The van der Waals surface area contributed by atoms with Gasteiger partial charge in [0, 0.05) is 13.1 Å². The van der Waals surface area contributed by atoms with Crippen molar-refractivity contribution in [2.45, 2.75) is 26.4 Å². The first-order chi connectivity index (χ1) is 9.52. The second-order valence-electron chi connectivity index (χ2n) is 4.89. The molecule has 1 fully saturated rings. The van der Waals surface area contributed by atoms with E-state index in [9.17, 15) is 4.79 Å². The number of anilines is 1. The van der Waals surface area contributed by atoms with E-state index in [1.807, 2.05) is 0 Å². The summed E-state index contributed by atoms with van der Waals surface area (Å²) >= 11 is 0. The molecule has 2 rings (SSSR count). The van der Waals surface area contributed by atoms with Crippen LogP contribution < -0.4 is 5.73 Å². The smallest absolute Gasteiger partial charge is 0.341 e. The van der Waals surface area contributed by atoms with Crippen LogP contribution in [0.4, 0.5) is 5.82 Å². The zero-order valence-electron chi connectivity index (χ0n) is 11.8. The number of carboxylic acids is 1. The maximum atomic E-state index is 11.1. The summed E-state index contributed by atoms with van der Waals surface area (Å²) in [7, 11) is 0. The fraction of sp³-hybridized carbons (Fsp3) is 0.615. The van der Waals surface area contributed by atoms with E-state index < -0.39 is 5.97 Å². The number of hydrogen-bond acceptors (Lipinski definition) is 6. The summed E-state index contributed by atoms with van der Waals surface area (Å²) < 4.78 is 5.68. The van der Waals surface area contributed by atoms with E-state index in [4.69, 9.17) is 15.6 Å². The predicted octanol–water partition coefficient (Wildman–Crippen LogP) is 0.849. The van der Waals surface area contributed by atoms with Crippen molar-refractivity contribution in [3.8, 4) is 0 Å². The normalized spacial score (nSPS) is 20.0. The number of nitrogens with zero attached hydrogens (tertiary/aromatic N) is 3. The number of nitrogen functional groups attached to an aromatic ring is 1. The number of carbonyl (C=O) groups is 1. The lowest BCUT2D eigenvalue weighted by Crippen LogP contribution is -2.39. The Kier molecular flexibility index (Phi) is 4.51. The number of nitrogens with two attached hydrogens (primary N) is 1. The SMILES string of the molecule is CCCN1CCOC(c2nc(C)c(C(=O)O)c(N)n2)C1. The fourth-order valence-electron chi connectivity index (χ4n) is 2.40. The van der Waals surface area contributed by atoms with Crippen LogP contribution in [0, 0.1) is 6.92 Å². The zero-order valence-corrected chi connectivity index (χ0v) is 11.8. The van der Waals surface area contributed by atoms with Crippen molar-refractivity contribution in [3.05, 3.63) is 17.1 Å². The Morgan fingerprint density at radius 3 is 2.90 bits per heavy atom. The molecule has 7 heteroatoms. The standard InChI is InChI=1S/C13H20N4O3/c1-3-4-17-5-6-20-9(7-17)12-15-8(2)10(13(18)19)11(14)16-12/h9H,3-7H2,1-2H3,(H,18,19)(H2,14,15,16). The summed E-state index contributed by atoms with van der Waals surface area (Å²) in [6.07, 6.45) is 0.825. The van der Waals surface area contributed by atoms with Crippen LogP contribution in [0.15, 0.2) is 0 Å². The van der Waals surface area contributed by atoms with Crippen LogP contribution in [0.5, 0.6) is 0 Å². The Morgan fingerprint density at radius 2 is 2.30 bits per heavy atom. The molecule has 0 amide bonds. The van der Waals surface area contributed by atoms with E-state index >= 15 is 0 Å². The molecule has 1 unspecified atom stereocenters. The number of rotatable bonds is 4. The molecular weight excluding hydrogens is 260 g/mol. The molecule has 0 radical (unpaired) electrons. The molecule has 110 valence electrons. The second-order valence-corrected chi connectivity index (χ2v) is 4.89. The van der Waals surface area contributed by atoms with Crippen LogP contribution >= 0.6 is 0 Å². The van der Waals surface area contributed by atoms with Crippen molar-refractivity contribution in [3.63, 3.8) is 0 Å². The van der Waals surface area contributed by atoms with Gasteiger partial charge in [-0.05, 0) is 19.9 Å². The molecule has 20 heavy (non-hydrogen) atoms. The highest BCUT2D eigenvalue weighted by Gasteiger charge is 2.26. The average molecular weight is 280 g/mol. The molecule has 1 aromatic rings. The predicted molar refractivity (Wildman–Crippen MR) is 73.6 cm³/mol. The number of morpholine rings is 1. The largest absolute Gasteiger partial charge is 0.477 e. The first kappa shape index (κ1) is 14.7. The monoisotopic (exact) mass is 280 g/mol. The number of aryl methyl sites for hydroxylation is 1. The van der Waals surface area contributed by atoms with Gasteiger partial charge in [-0.3, -0.25) is 4.90 Å². The highest BCUT2D eigenvalue weighted by atomic mass is 16.5. The highest BCUT2D eigenvalue weighted by molar-refractivity contribution is 5.93. The van der Waals surface area contributed by atoms with Crippen LogP contribution in [0.2, 0.25) is 0 Å². The number of ether oxygens (including phenoxy) is 1. The van der Waals surface area contributed by atoms with Gasteiger partial charge in [-0.2, -0.15) is 0 Å². The third-order valence-electron chi connectivity index (χ3n) is 3.33. The summed E-state index contributed by atoms with van der Waals surface area (Å²) in [5, 5.41) is 9.06. The lowest BCUT2D eigenvalue weighted by Gasteiger charge is -2.32. The minimum Gasteiger partial charge on any atom is -0.477 e. The van der Waals surface area contributed by atoms with E-state index in [2.05, 4.69) is 21.8 Å². The Balaban J connectivity index is 2.22. The molecule has 1 saturated heterocycles. The van der Waals surface area contributed by atoms with Crippen LogP contribution in [0.25, 0.3) is 0 Å². The quantitative estimate of drug-likeness (QED) is 0.842. The molecule has 0 spiro atoms. The van der Waals surface area contributed by atoms with Crippen molar-refractivity contribution in [2.24, 2.45) is 0 Å². The topological polar surface area (TPSA) is 102 Å². The van der Waals surface area contributed by atoms with Crippen LogP contribution in [0.1, 0.15) is 41.3 Å². The van der Waals surface area contributed by atoms with Crippen molar-refractivity contribution in [2.75, 3.05) is 32.0 Å². The Labute approximate surface area is 117 Å². The first-order valence-corrected chi connectivity index (χ1v) is 6.74. The summed E-state index contributed by atoms with van der Waals surface area (Å²) in [5.74, 6) is -0.647. The van der Waals surface area contributed by atoms with Crippen molar-refractivity contribution in [1.82, 2.24) is 14.9 Å². The van der Waals surface area contributed by atoms with E-state index in [1.54, 1.807) is 6.92 Å². The summed E-state index contributed by atoms with van der Waals surface area (Å²) in [6, 6.07) is 0. The molecule has 1 atom stereocenters. The average Bonchev–Trinajstić information content (AvgIpc) is 2.38. The minimum atomic E-state index is -1.11. The first-order valence-electron chi connectivity index (χ1n) is 6.74. The molecule has 0 aliphatic carbocycles. The third kappa shape index (κ3) is 3.05. The van der Waals surface area contributed by atoms with E-state index in [1.165, 1.54) is 0 Å². The molecule has 3 N–H and O–H groups in total. The van der Waals surface area contributed by atoms with Gasteiger partial charge in [-0.25, -0.2) is 14.8 Å². The van der Waals surface area contributed by atoms with Gasteiger partial charge in [0.05, 0.1) is 12.3 Å². The lowest BCUT2D eigenvalue weighted by molar-refractivity contribution is -0.0342. The fourth-order valence-corrected chi connectivity index (χ4v) is 2.40. The molecule has 0 aromatic carbocycles. The highest BCUT2D eigenvalue weighted by Crippen LogP contribution is 2.22. The molecular formula is C13H20N4O3. The van der Waals surface area contributed by atoms with Gasteiger partial charge in [-0.15, -0.1) is 0 Å². The van der Waals surface area contributed by atoms with Crippen LogP contribution in [-0.4, -0.2) is 52.2 Å². The summed E-state index contributed by atoms with van der Waals surface area (Å²) in [6.45, 7) is 6.97. The van der Waals surface area contributed by atoms with Gasteiger partial charge >= 0.3 is 5.97 Å². The van der Waals surface area contributed by atoms with Gasteiger partial charge in [0.2, 0.25) is 0 Å². The second kappa shape index (κ2) is 6.15. The minimum absolute atomic E-state index is 0.00350. The maximum absolute atomic E-state index is 11.1. The molecule has 1 aliphatic rings.